The fraction of sp³-hybridized carbons (Fsp3) is 0.556. The van der Waals surface area contributed by atoms with Crippen molar-refractivity contribution in [3.05, 3.63) is 23.8 Å². The van der Waals surface area contributed by atoms with Crippen molar-refractivity contribution in [2.24, 2.45) is 22.0 Å². The van der Waals surface area contributed by atoms with Gasteiger partial charge >= 0.3 is 0 Å². The zero-order valence-electron chi connectivity index (χ0n) is 15.2. The van der Waals surface area contributed by atoms with E-state index in [4.69, 9.17) is 10.5 Å². The third kappa shape index (κ3) is 4.35. The maximum Gasteiger partial charge on any atom is 0.245 e. The summed E-state index contributed by atoms with van der Waals surface area (Å²) < 4.78 is 24.2. The molecule has 1 saturated heterocycles. The summed E-state index contributed by atoms with van der Waals surface area (Å²) in [6.45, 7) is 6.20. The van der Waals surface area contributed by atoms with E-state index in [1.54, 1.807) is 6.07 Å². The van der Waals surface area contributed by atoms with Gasteiger partial charge in [-0.1, -0.05) is 19.9 Å². The fourth-order valence-corrected chi connectivity index (χ4v) is 4.04. The molecule has 2 aliphatic heterocycles. The number of amides is 1. The molecular weight excluding hydrogens is 352 g/mol. The van der Waals surface area contributed by atoms with Crippen molar-refractivity contribution in [2.45, 2.75) is 33.1 Å². The molecule has 1 aromatic carbocycles. The number of ether oxygens (including phenoxy) is 1. The Bertz CT molecular complexity index is 735. The quantitative estimate of drug-likeness (QED) is 0.819. The summed E-state index contributed by atoms with van der Waals surface area (Å²) in [5, 5.41) is 0. The number of hydrogen-bond acceptors (Lipinski definition) is 4. The number of benzene rings is 1. The van der Waals surface area contributed by atoms with Crippen molar-refractivity contribution in [2.75, 3.05) is 24.4 Å². The molecule has 7 nitrogen and oxygen atoms in total. The number of nitrogens with zero attached hydrogens (tertiary/aromatic N) is 2. The number of anilines is 1. The molecule has 3 N–H and O–H groups in total. The molecule has 1 amide bonds. The van der Waals surface area contributed by atoms with Crippen molar-refractivity contribution < 1.29 is 13.7 Å². The highest BCUT2D eigenvalue weighted by atomic mass is 32.2. The lowest BCUT2D eigenvalue weighted by Crippen LogP contribution is -2.42. The maximum absolute atomic E-state index is 12.3. The molecule has 0 bridgehead atoms. The largest absolute Gasteiger partial charge is 0.492 e. The van der Waals surface area contributed by atoms with E-state index in [9.17, 15) is 9.00 Å². The van der Waals surface area contributed by atoms with Crippen LogP contribution in [-0.4, -0.2) is 40.5 Å². The van der Waals surface area contributed by atoms with Crippen molar-refractivity contribution in [1.82, 2.24) is 4.90 Å². The zero-order valence-corrected chi connectivity index (χ0v) is 16.1. The van der Waals surface area contributed by atoms with E-state index in [2.05, 4.69) is 23.0 Å². The Morgan fingerprint density at radius 1 is 1.50 bits per heavy atom. The summed E-state index contributed by atoms with van der Waals surface area (Å²) in [5.41, 5.74) is 7.25. The van der Waals surface area contributed by atoms with Gasteiger partial charge in [0.15, 0.2) is 0 Å². The molecule has 2 aliphatic rings. The van der Waals surface area contributed by atoms with Crippen molar-refractivity contribution in [1.29, 1.82) is 0 Å². The number of fused-ring (bicyclic) bond motifs is 1. The first kappa shape index (κ1) is 18.7. The van der Waals surface area contributed by atoms with Gasteiger partial charge < -0.3 is 15.4 Å². The highest BCUT2D eigenvalue weighted by molar-refractivity contribution is 7.85. The van der Waals surface area contributed by atoms with Crippen LogP contribution in [0.4, 0.5) is 5.69 Å². The Morgan fingerprint density at radius 2 is 2.31 bits per heavy atom. The topological polar surface area (TPSA) is 97.0 Å². The predicted molar refractivity (Wildman–Crippen MR) is 103 cm³/mol. The first-order valence-corrected chi connectivity index (χ1v) is 10.1. The predicted octanol–water partition coefficient (Wildman–Crippen LogP) is 2.06. The lowest BCUT2D eigenvalue weighted by molar-refractivity contribution is -0.134. The molecule has 2 atom stereocenters. The number of likely N-dealkylation sites (tertiary alicyclic amines) is 1. The molecule has 0 aliphatic carbocycles. The SMILES string of the molecule is CC(C)CC(=O)N1CCC[C@H](COc2cccc3c2C(N)=NS(=O)N3)C1. The number of hydrogen-bond donors (Lipinski definition) is 2. The molecule has 0 aromatic heterocycles. The van der Waals surface area contributed by atoms with Gasteiger partial charge in [0.25, 0.3) is 0 Å². The molecule has 1 unspecified atom stereocenters. The third-order valence-electron chi connectivity index (χ3n) is 4.59. The molecule has 0 spiro atoms. The van der Waals surface area contributed by atoms with Crippen LogP contribution in [0.1, 0.15) is 38.7 Å². The number of nitrogens with one attached hydrogen (secondary N) is 1. The van der Waals surface area contributed by atoms with Gasteiger partial charge in [-0.05, 0) is 30.9 Å². The molecule has 1 fully saturated rings. The van der Waals surface area contributed by atoms with E-state index >= 15 is 0 Å². The van der Waals surface area contributed by atoms with E-state index in [1.165, 1.54) is 0 Å². The molecular formula is C18H26N4O3S. The van der Waals surface area contributed by atoms with Crippen LogP contribution in [0.5, 0.6) is 5.75 Å². The summed E-state index contributed by atoms with van der Waals surface area (Å²) in [7, 11) is 0. The maximum atomic E-state index is 12.3. The highest BCUT2D eigenvalue weighted by Crippen LogP contribution is 2.30. The minimum absolute atomic E-state index is 0.213. The zero-order chi connectivity index (χ0) is 18.7. The Balaban J connectivity index is 1.64. The molecule has 3 rings (SSSR count). The lowest BCUT2D eigenvalue weighted by Gasteiger charge is -2.33. The second-order valence-electron chi connectivity index (χ2n) is 7.26. The average Bonchev–Trinajstić information content (AvgIpc) is 2.59. The monoisotopic (exact) mass is 378 g/mol. The van der Waals surface area contributed by atoms with Crippen LogP contribution in [0.3, 0.4) is 0 Å². The Hall–Kier alpha value is -2.09. The van der Waals surface area contributed by atoms with Gasteiger partial charge in [-0.2, -0.15) is 4.40 Å². The molecule has 26 heavy (non-hydrogen) atoms. The second kappa shape index (κ2) is 8.07. The van der Waals surface area contributed by atoms with Crippen molar-refractivity contribution in [3.8, 4) is 5.75 Å². The van der Waals surface area contributed by atoms with Gasteiger partial charge in [-0.25, -0.2) is 4.21 Å². The summed E-state index contributed by atoms with van der Waals surface area (Å²) >= 11 is -1.55. The van der Waals surface area contributed by atoms with Gasteiger partial charge in [0.2, 0.25) is 17.1 Å². The minimum Gasteiger partial charge on any atom is -0.492 e. The van der Waals surface area contributed by atoms with E-state index in [0.29, 0.717) is 41.9 Å². The van der Waals surface area contributed by atoms with Gasteiger partial charge in [-0.15, -0.1) is 0 Å². The Kier molecular flexibility index (Phi) is 5.80. The molecule has 1 aromatic rings. The number of rotatable bonds is 5. The number of piperidine rings is 1. The van der Waals surface area contributed by atoms with E-state index < -0.39 is 11.2 Å². The molecule has 8 heteroatoms. The second-order valence-corrected chi connectivity index (χ2v) is 8.15. The van der Waals surface area contributed by atoms with Crippen molar-refractivity contribution in [3.63, 3.8) is 0 Å². The number of amidine groups is 1. The number of carbonyl (C=O) groups is 1. The van der Waals surface area contributed by atoms with Gasteiger partial charge in [0.05, 0.1) is 17.9 Å². The molecule has 0 radical (unpaired) electrons. The van der Waals surface area contributed by atoms with Crippen LogP contribution in [0.2, 0.25) is 0 Å². The Labute approximate surface area is 156 Å². The fourth-order valence-electron chi connectivity index (χ4n) is 3.37. The summed E-state index contributed by atoms with van der Waals surface area (Å²) in [6.07, 6.45) is 2.62. The van der Waals surface area contributed by atoms with Gasteiger partial charge in [0, 0.05) is 25.4 Å². The smallest absolute Gasteiger partial charge is 0.245 e. The standard InChI is InChI=1S/C18H26N4O3S/c1-12(2)9-16(23)22-8-4-5-13(10-22)11-25-15-7-3-6-14-17(15)18(19)21-26(24)20-14/h3,6-7,12-13,20H,4-5,8-11H2,1-2H3,(H2,19,21)/t13-,26?/m0/s1. The highest BCUT2D eigenvalue weighted by Gasteiger charge is 2.26. The van der Waals surface area contributed by atoms with E-state index in [1.807, 2.05) is 17.0 Å². The van der Waals surface area contributed by atoms with Crippen LogP contribution in [0, 0.1) is 11.8 Å². The summed E-state index contributed by atoms with van der Waals surface area (Å²) in [5.74, 6) is 1.73. The van der Waals surface area contributed by atoms with Crippen LogP contribution in [0.25, 0.3) is 0 Å². The van der Waals surface area contributed by atoms with Crippen molar-refractivity contribution >= 4 is 28.6 Å². The third-order valence-corrected chi connectivity index (χ3v) is 5.35. The van der Waals surface area contributed by atoms with Crippen LogP contribution < -0.4 is 15.2 Å². The van der Waals surface area contributed by atoms with Crippen LogP contribution >= 0.6 is 0 Å². The number of carbonyl (C=O) groups excluding carboxylic acids is 1. The number of nitrogens with two attached hydrogens (primary N) is 1. The first-order chi connectivity index (χ1) is 12.4. The summed E-state index contributed by atoms with van der Waals surface area (Å²) in [4.78, 5) is 14.3. The Morgan fingerprint density at radius 3 is 3.08 bits per heavy atom. The van der Waals surface area contributed by atoms with E-state index in [0.717, 1.165) is 25.9 Å². The van der Waals surface area contributed by atoms with Gasteiger partial charge in [-0.3, -0.25) is 9.52 Å². The van der Waals surface area contributed by atoms with Gasteiger partial charge in [0.1, 0.15) is 11.6 Å². The average molecular weight is 378 g/mol. The molecule has 0 saturated carbocycles. The molecule has 142 valence electrons. The molecule has 2 heterocycles. The van der Waals surface area contributed by atoms with Crippen LogP contribution in [-0.2, 0) is 16.0 Å². The van der Waals surface area contributed by atoms with E-state index in [-0.39, 0.29) is 11.7 Å². The lowest BCUT2D eigenvalue weighted by atomic mass is 9.98. The minimum atomic E-state index is -1.55. The first-order valence-electron chi connectivity index (χ1n) is 9.00. The van der Waals surface area contributed by atoms with Crippen LogP contribution in [0.15, 0.2) is 22.6 Å². The summed E-state index contributed by atoms with van der Waals surface area (Å²) in [6, 6.07) is 5.46. The normalized spacial score (nSPS) is 22.4.